The SMILES string of the molecule is Cc1cc(SCC(=O)c2ccc3c(c2)CCC3)nc(C)n1. The van der Waals surface area contributed by atoms with Crippen LogP contribution in [-0.4, -0.2) is 21.5 Å². The Labute approximate surface area is 129 Å². The first kappa shape index (κ1) is 14.3. The second-order valence-corrected chi connectivity index (χ2v) is 6.44. The lowest BCUT2D eigenvalue weighted by atomic mass is 10.0. The van der Waals surface area contributed by atoms with Crippen LogP contribution in [0.15, 0.2) is 29.3 Å². The summed E-state index contributed by atoms with van der Waals surface area (Å²) in [4.78, 5) is 20.9. The predicted molar refractivity (Wildman–Crippen MR) is 85.0 cm³/mol. The van der Waals surface area contributed by atoms with E-state index in [0.29, 0.717) is 5.75 Å². The van der Waals surface area contributed by atoms with E-state index in [9.17, 15) is 4.79 Å². The molecule has 0 aliphatic heterocycles. The molecule has 1 aromatic heterocycles. The van der Waals surface area contributed by atoms with Crippen molar-refractivity contribution in [3.05, 3.63) is 52.5 Å². The molecule has 4 heteroatoms. The fourth-order valence-electron chi connectivity index (χ4n) is 2.72. The third-order valence-electron chi connectivity index (χ3n) is 3.71. The molecule has 0 spiro atoms. The zero-order chi connectivity index (χ0) is 14.8. The molecule has 0 amide bonds. The summed E-state index contributed by atoms with van der Waals surface area (Å²) in [5.74, 6) is 1.35. The summed E-state index contributed by atoms with van der Waals surface area (Å²) >= 11 is 1.48. The molecule has 1 aromatic carbocycles. The van der Waals surface area contributed by atoms with Gasteiger partial charge in [0.15, 0.2) is 5.78 Å². The van der Waals surface area contributed by atoms with E-state index in [0.717, 1.165) is 34.9 Å². The van der Waals surface area contributed by atoms with Gasteiger partial charge in [-0.25, -0.2) is 9.97 Å². The summed E-state index contributed by atoms with van der Waals surface area (Å²) in [7, 11) is 0. The van der Waals surface area contributed by atoms with E-state index in [4.69, 9.17) is 0 Å². The highest BCUT2D eigenvalue weighted by atomic mass is 32.2. The number of ketones is 1. The highest BCUT2D eigenvalue weighted by Crippen LogP contribution is 2.24. The molecule has 3 nitrogen and oxygen atoms in total. The van der Waals surface area contributed by atoms with Crippen LogP contribution in [0.4, 0.5) is 0 Å². The maximum absolute atomic E-state index is 12.3. The third kappa shape index (κ3) is 3.32. The minimum Gasteiger partial charge on any atom is -0.293 e. The van der Waals surface area contributed by atoms with Gasteiger partial charge < -0.3 is 0 Å². The number of benzene rings is 1. The first-order chi connectivity index (χ1) is 10.1. The average Bonchev–Trinajstić information content (AvgIpc) is 2.91. The number of hydrogen-bond acceptors (Lipinski definition) is 4. The molecule has 1 heterocycles. The number of Topliss-reactive ketones (excluding diaryl/α,β-unsaturated/α-hetero) is 1. The minimum absolute atomic E-state index is 0.170. The topological polar surface area (TPSA) is 42.9 Å². The van der Waals surface area contributed by atoms with Crippen molar-refractivity contribution in [1.82, 2.24) is 9.97 Å². The second kappa shape index (κ2) is 5.98. The van der Waals surface area contributed by atoms with Crippen LogP contribution in [0.3, 0.4) is 0 Å². The van der Waals surface area contributed by atoms with Crippen molar-refractivity contribution < 1.29 is 4.79 Å². The minimum atomic E-state index is 0.170. The van der Waals surface area contributed by atoms with Gasteiger partial charge in [0, 0.05) is 11.3 Å². The van der Waals surface area contributed by atoms with Gasteiger partial charge in [-0.3, -0.25) is 4.79 Å². The lowest BCUT2D eigenvalue weighted by molar-refractivity contribution is 0.102. The number of fused-ring (bicyclic) bond motifs is 1. The normalized spacial score (nSPS) is 13.2. The van der Waals surface area contributed by atoms with Crippen LogP contribution in [0, 0.1) is 13.8 Å². The summed E-state index contributed by atoms with van der Waals surface area (Å²) in [6.45, 7) is 3.82. The number of rotatable bonds is 4. The largest absolute Gasteiger partial charge is 0.293 e. The summed E-state index contributed by atoms with van der Waals surface area (Å²) in [5, 5.41) is 0.870. The van der Waals surface area contributed by atoms with Crippen LogP contribution < -0.4 is 0 Å². The van der Waals surface area contributed by atoms with E-state index in [1.165, 1.54) is 29.3 Å². The van der Waals surface area contributed by atoms with Crippen molar-refractivity contribution in [2.24, 2.45) is 0 Å². The molecule has 21 heavy (non-hydrogen) atoms. The summed E-state index contributed by atoms with van der Waals surface area (Å²) in [6.07, 6.45) is 3.47. The Morgan fingerprint density at radius 3 is 2.76 bits per heavy atom. The number of aryl methyl sites for hydroxylation is 4. The molecule has 3 rings (SSSR count). The Hall–Kier alpha value is -1.68. The van der Waals surface area contributed by atoms with E-state index in [2.05, 4.69) is 22.1 Å². The Morgan fingerprint density at radius 1 is 1.14 bits per heavy atom. The van der Waals surface area contributed by atoms with Crippen LogP contribution in [0.1, 0.15) is 39.4 Å². The van der Waals surface area contributed by atoms with Crippen molar-refractivity contribution in [1.29, 1.82) is 0 Å². The monoisotopic (exact) mass is 298 g/mol. The van der Waals surface area contributed by atoms with Gasteiger partial charge in [-0.05, 0) is 56.4 Å². The van der Waals surface area contributed by atoms with Crippen molar-refractivity contribution in [3.63, 3.8) is 0 Å². The standard InChI is InChI=1S/C17H18N2OS/c1-11-8-17(19-12(2)18-11)21-10-16(20)15-7-6-13-4-3-5-14(13)9-15/h6-9H,3-5,10H2,1-2H3. The molecular weight excluding hydrogens is 280 g/mol. The number of aromatic nitrogens is 2. The molecule has 2 aromatic rings. The van der Waals surface area contributed by atoms with Gasteiger partial charge in [-0.2, -0.15) is 0 Å². The molecule has 0 atom stereocenters. The van der Waals surface area contributed by atoms with Crippen molar-refractivity contribution in [2.75, 3.05) is 5.75 Å². The molecule has 1 aliphatic rings. The van der Waals surface area contributed by atoms with Gasteiger partial charge in [-0.15, -0.1) is 0 Å². The van der Waals surface area contributed by atoms with Gasteiger partial charge in [0.25, 0.3) is 0 Å². The lowest BCUT2D eigenvalue weighted by Gasteiger charge is -2.05. The van der Waals surface area contributed by atoms with E-state index < -0.39 is 0 Å². The Morgan fingerprint density at radius 2 is 1.95 bits per heavy atom. The number of thioether (sulfide) groups is 1. The first-order valence-corrected chi connectivity index (χ1v) is 8.20. The number of carbonyl (C=O) groups is 1. The zero-order valence-electron chi connectivity index (χ0n) is 12.3. The van der Waals surface area contributed by atoms with Crippen LogP contribution in [0.25, 0.3) is 0 Å². The van der Waals surface area contributed by atoms with Gasteiger partial charge >= 0.3 is 0 Å². The van der Waals surface area contributed by atoms with Crippen LogP contribution >= 0.6 is 11.8 Å². The van der Waals surface area contributed by atoms with Gasteiger partial charge in [-0.1, -0.05) is 23.9 Å². The average molecular weight is 298 g/mol. The van der Waals surface area contributed by atoms with Crippen molar-refractivity contribution in [3.8, 4) is 0 Å². The molecule has 0 saturated heterocycles. The van der Waals surface area contributed by atoms with E-state index in [-0.39, 0.29) is 5.78 Å². The van der Waals surface area contributed by atoms with Crippen molar-refractivity contribution in [2.45, 2.75) is 38.1 Å². The smallest absolute Gasteiger partial charge is 0.173 e. The van der Waals surface area contributed by atoms with Crippen LogP contribution in [-0.2, 0) is 12.8 Å². The maximum atomic E-state index is 12.3. The highest BCUT2D eigenvalue weighted by Gasteiger charge is 2.14. The molecule has 0 saturated carbocycles. The Bertz CT molecular complexity index is 677. The third-order valence-corrected chi connectivity index (χ3v) is 4.63. The maximum Gasteiger partial charge on any atom is 0.173 e. The molecular formula is C17H18N2OS. The molecule has 108 valence electrons. The highest BCUT2D eigenvalue weighted by molar-refractivity contribution is 7.99. The molecule has 0 fully saturated rings. The molecule has 1 aliphatic carbocycles. The molecule has 0 bridgehead atoms. The molecule has 0 N–H and O–H groups in total. The molecule has 0 radical (unpaired) electrons. The predicted octanol–water partition coefficient (Wildman–Crippen LogP) is 3.56. The van der Waals surface area contributed by atoms with Gasteiger partial charge in [0.05, 0.1) is 5.75 Å². The van der Waals surface area contributed by atoms with E-state index in [1.807, 2.05) is 26.0 Å². The Kier molecular flexibility index (Phi) is 4.06. The summed E-state index contributed by atoms with van der Waals surface area (Å²) in [6, 6.07) is 8.07. The summed E-state index contributed by atoms with van der Waals surface area (Å²) in [5.41, 5.74) is 4.52. The van der Waals surface area contributed by atoms with E-state index >= 15 is 0 Å². The number of nitrogens with zero attached hydrogens (tertiary/aromatic N) is 2. The van der Waals surface area contributed by atoms with Crippen LogP contribution in [0.2, 0.25) is 0 Å². The lowest BCUT2D eigenvalue weighted by Crippen LogP contribution is -2.04. The second-order valence-electron chi connectivity index (χ2n) is 5.44. The van der Waals surface area contributed by atoms with Gasteiger partial charge in [0.1, 0.15) is 10.9 Å². The Balaban J connectivity index is 1.69. The zero-order valence-corrected chi connectivity index (χ0v) is 13.2. The quantitative estimate of drug-likeness (QED) is 0.492. The fourth-order valence-corrected chi connectivity index (χ4v) is 3.62. The van der Waals surface area contributed by atoms with Crippen LogP contribution in [0.5, 0.6) is 0 Å². The van der Waals surface area contributed by atoms with Gasteiger partial charge in [0.2, 0.25) is 0 Å². The first-order valence-electron chi connectivity index (χ1n) is 7.22. The van der Waals surface area contributed by atoms with Crippen molar-refractivity contribution >= 4 is 17.5 Å². The number of hydrogen-bond donors (Lipinski definition) is 0. The van der Waals surface area contributed by atoms with E-state index in [1.54, 1.807) is 0 Å². The fraction of sp³-hybridized carbons (Fsp3) is 0.353. The molecule has 0 unspecified atom stereocenters. The number of carbonyl (C=O) groups excluding carboxylic acids is 1. The summed E-state index contributed by atoms with van der Waals surface area (Å²) < 4.78 is 0.